The summed E-state index contributed by atoms with van der Waals surface area (Å²) in [5.74, 6) is 0.0730. The molecule has 0 fully saturated rings. The van der Waals surface area contributed by atoms with Crippen molar-refractivity contribution in [1.29, 1.82) is 0 Å². The average molecular weight is 301 g/mol. The minimum atomic E-state index is -0.552. The summed E-state index contributed by atoms with van der Waals surface area (Å²) < 4.78 is 5.15. The van der Waals surface area contributed by atoms with E-state index in [-0.39, 0.29) is 12.3 Å². The van der Waals surface area contributed by atoms with E-state index in [0.29, 0.717) is 16.9 Å². The second-order valence-corrected chi connectivity index (χ2v) is 4.76. The van der Waals surface area contributed by atoms with Crippen molar-refractivity contribution >= 4 is 17.5 Å². The number of nitro groups is 1. The highest BCUT2D eigenvalue weighted by Gasteiger charge is 2.15. The number of hydrogen-bond donors (Lipinski definition) is 0. The molecule has 0 saturated carbocycles. The molecule has 0 aliphatic heterocycles. The fourth-order valence-electron chi connectivity index (χ4n) is 1.83. The van der Waals surface area contributed by atoms with Crippen molar-refractivity contribution in [2.45, 2.75) is 6.61 Å². The van der Waals surface area contributed by atoms with Crippen LogP contribution in [0.1, 0.15) is 15.9 Å². The number of carbonyl (C=O) groups is 1. The van der Waals surface area contributed by atoms with E-state index >= 15 is 0 Å². The molecule has 7 heteroatoms. The molecule has 0 bridgehead atoms. The van der Waals surface area contributed by atoms with E-state index < -0.39 is 10.9 Å². The summed E-state index contributed by atoms with van der Waals surface area (Å²) >= 11 is 0. The van der Waals surface area contributed by atoms with Crippen LogP contribution in [-0.2, 0) is 11.3 Å². The maximum atomic E-state index is 12.0. The zero-order valence-electron chi connectivity index (χ0n) is 12.2. The number of pyridine rings is 1. The Hall–Kier alpha value is -2.96. The molecule has 2 rings (SSSR count). The second-order valence-electron chi connectivity index (χ2n) is 4.76. The number of nitrogens with zero attached hydrogens (tertiary/aromatic N) is 3. The van der Waals surface area contributed by atoms with Gasteiger partial charge in [-0.3, -0.25) is 10.1 Å². The lowest BCUT2D eigenvalue weighted by atomic mass is 10.2. The number of para-hydroxylation sites is 1. The Kier molecular flexibility index (Phi) is 4.67. The van der Waals surface area contributed by atoms with Gasteiger partial charge in [-0.05, 0) is 18.2 Å². The molecule has 1 aromatic carbocycles. The standard InChI is InChI=1S/C15H15N3O4/c1-17(2)14-9-11(7-8-16-14)15(19)22-10-12-5-3-4-6-13(12)18(20)21/h3-9H,10H2,1-2H3. The third-order valence-corrected chi connectivity index (χ3v) is 2.99. The van der Waals surface area contributed by atoms with Gasteiger partial charge in [0.15, 0.2) is 0 Å². The Labute approximate surface area is 127 Å². The Morgan fingerprint density at radius 2 is 2.05 bits per heavy atom. The quantitative estimate of drug-likeness (QED) is 0.479. The average Bonchev–Trinajstić information content (AvgIpc) is 2.52. The van der Waals surface area contributed by atoms with Gasteiger partial charge in [-0.15, -0.1) is 0 Å². The van der Waals surface area contributed by atoms with Gasteiger partial charge in [-0.25, -0.2) is 9.78 Å². The van der Waals surface area contributed by atoms with Crippen molar-refractivity contribution in [2.75, 3.05) is 19.0 Å². The molecule has 0 unspecified atom stereocenters. The summed E-state index contributed by atoms with van der Waals surface area (Å²) in [7, 11) is 3.62. The number of nitro benzene ring substituents is 1. The summed E-state index contributed by atoms with van der Waals surface area (Å²) in [6, 6.07) is 9.29. The largest absolute Gasteiger partial charge is 0.457 e. The number of rotatable bonds is 5. The minimum Gasteiger partial charge on any atom is -0.457 e. The van der Waals surface area contributed by atoms with Crippen LogP contribution in [0, 0.1) is 10.1 Å². The van der Waals surface area contributed by atoms with Crippen LogP contribution in [0.5, 0.6) is 0 Å². The van der Waals surface area contributed by atoms with E-state index in [1.54, 1.807) is 29.2 Å². The molecule has 1 aromatic heterocycles. The van der Waals surface area contributed by atoms with Crippen molar-refractivity contribution in [1.82, 2.24) is 4.98 Å². The van der Waals surface area contributed by atoms with Crippen LogP contribution in [0.2, 0.25) is 0 Å². The SMILES string of the molecule is CN(C)c1cc(C(=O)OCc2ccccc2[N+](=O)[O-])ccn1. The molecule has 0 saturated heterocycles. The lowest BCUT2D eigenvalue weighted by Gasteiger charge is -2.12. The molecule has 0 atom stereocenters. The number of aromatic nitrogens is 1. The molecule has 7 nitrogen and oxygen atoms in total. The summed E-state index contributed by atoms with van der Waals surface area (Å²) in [6.45, 7) is -0.157. The Morgan fingerprint density at radius 3 is 2.73 bits per heavy atom. The smallest absolute Gasteiger partial charge is 0.338 e. The van der Waals surface area contributed by atoms with Crippen LogP contribution in [0.15, 0.2) is 42.6 Å². The van der Waals surface area contributed by atoms with E-state index in [9.17, 15) is 14.9 Å². The van der Waals surface area contributed by atoms with Gasteiger partial charge in [0, 0.05) is 26.4 Å². The normalized spacial score (nSPS) is 10.1. The third-order valence-electron chi connectivity index (χ3n) is 2.99. The summed E-state index contributed by atoms with van der Waals surface area (Å²) in [6.07, 6.45) is 1.51. The zero-order chi connectivity index (χ0) is 16.1. The van der Waals surface area contributed by atoms with E-state index in [2.05, 4.69) is 4.98 Å². The van der Waals surface area contributed by atoms with Crippen LogP contribution < -0.4 is 4.90 Å². The number of anilines is 1. The molecule has 0 N–H and O–H groups in total. The summed E-state index contributed by atoms with van der Waals surface area (Å²) in [4.78, 5) is 28.3. The number of hydrogen-bond acceptors (Lipinski definition) is 6. The fraction of sp³-hybridized carbons (Fsp3) is 0.200. The highest BCUT2D eigenvalue weighted by Crippen LogP contribution is 2.19. The molecule has 0 radical (unpaired) electrons. The lowest BCUT2D eigenvalue weighted by Crippen LogP contribution is -2.12. The Balaban J connectivity index is 2.11. The molecule has 2 aromatic rings. The number of benzene rings is 1. The molecule has 0 amide bonds. The third kappa shape index (κ3) is 3.57. The summed E-state index contributed by atoms with van der Waals surface area (Å²) in [5.41, 5.74) is 0.624. The predicted octanol–water partition coefficient (Wildman–Crippen LogP) is 2.41. The van der Waals surface area contributed by atoms with E-state index in [4.69, 9.17) is 4.74 Å². The predicted molar refractivity (Wildman–Crippen MR) is 80.8 cm³/mol. The van der Waals surface area contributed by atoms with Crippen molar-refractivity contribution < 1.29 is 14.5 Å². The van der Waals surface area contributed by atoms with Gasteiger partial charge in [0.25, 0.3) is 5.69 Å². The van der Waals surface area contributed by atoms with Gasteiger partial charge < -0.3 is 9.64 Å². The van der Waals surface area contributed by atoms with Gasteiger partial charge in [0.2, 0.25) is 0 Å². The first-order chi connectivity index (χ1) is 10.5. The van der Waals surface area contributed by atoms with Gasteiger partial charge in [-0.2, -0.15) is 0 Å². The Bertz CT molecular complexity index is 701. The van der Waals surface area contributed by atoms with Crippen molar-refractivity contribution in [3.8, 4) is 0 Å². The zero-order valence-corrected chi connectivity index (χ0v) is 12.2. The molecule has 22 heavy (non-hydrogen) atoms. The molecular weight excluding hydrogens is 286 g/mol. The molecular formula is C15H15N3O4. The van der Waals surface area contributed by atoms with Crippen LogP contribution in [0.25, 0.3) is 0 Å². The van der Waals surface area contributed by atoms with Crippen LogP contribution in [0.4, 0.5) is 11.5 Å². The molecule has 0 aliphatic rings. The number of ether oxygens (including phenoxy) is 1. The minimum absolute atomic E-state index is 0.0704. The van der Waals surface area contributed by atoms with E-state index in [1.165, 1.54) is 18.3 Å². The van der Waals surface area contributed by atoms with Gasteiger partial charge >= 0.3 is 5.97 Å². The molecule has 0 aliphatic carbocycles. The van der Waals surface area contributed by atoms with Crippen molar-refractivity contribution in [3.05, 3.63) is 63.8 Å². The first-order valence-corrected chi connectivity index (χ1v) is 6.52. The van der Waals surface area contributed by atoms with Gasteiger partial charge in [0.1, 0.15) is 12.4 Å². The van der Waals surface area contributed by atoms with E-state index in [0.717, 1.165) is 0 Å². The van der Waals surface area contributed by atoms with Crippen LogP contribution >= 0.6 is 0 Å². The van der Waals surface area contributed by atoms with Crippen molar-refractivity contribution in [3.63, 3.8) is 0 Å². The maximum Gasteiger partial charge on any atom is 0.338 e. The first-order valence-electron chi connectivity index (χ1n) is 6.52. The fourth-order valence-corrected chi connectivity index (χ4v) is 1.83. The maximum absolute atomic E-state index is 12.0. The second kappa shape index (κ2) is 6.66. The Morgan fingerprint density at radius 1 is 1.32 bits per heavy atom. The number of carbonyl (C=O) groups excluding carboxylic acids is 1. The highest BCUT2D eigenvalue weighted by molar-refractivity contribution is 5.90. The van der Waals surface area contributed by atoms with Gasteiger partial charge in [0.05, 0.1) is 16.1 Å². The van der Waals surface area contributed by atoms with Crippen LogP contribution in [0.3, 0.4) is 0 Å². The topological polar surface area (TPSA) is 85.6 Å². The molecule has 0 spiro atoms. The summed E-state index contributed by atoms with van der Waals surface area (Å²) in [5, 5.41) is 10.9. The highest BCUT2D eigenvalue weighted by atomic mass is 16.6. The lowest BCUT2D eigenvalue weighted by molar-refractivity contribution is -0.385. The monoisotopic (exact) mass is 301 g/mol. The molecule has 114 valence electrons. The van der Waals surface area contributed by atoms with E-state index in [1.807, 2.05) is 14.1 Å². The van der Waals surface area contributed by atoms with Gasteiger partial charge in [-0.1, -0.05) is 12.1 Å². The van der Waals surface area contributed by atoms with Crippen LogP contribution in [-0.4, -0.2) is 30.0 Å². The first kappa shape index (κ1) is 15.4. The van der Waals surface area contributed by atoms with Crippen molar-refractivity contribution in [2.24, 2.45) is 0 Å². The molecule has 1 heterocycles. The number of esters is 1.